The first-order valence-electron chi connectivity index (χ1n) is 33.4. The van der Waals surface area contributed by atoms with Crippen molar-refractivity contribution in [2.75, 3.05) is 19.8 Å². The second-order valence-electron chi connectivity index (χ2n) is 22.8. The van der Waals surface area contributed by atoms with Crippen molar-refractivity contribution in [3.05, 3.63) is 134 Å². The van der Waals surface area contributed by atoms with Gasteiger partial charge >= 0.3 is 0 Å². The lowest BCUT2D eigenvalue weighted by molar-refractivity contribution is -0.359. The lowest BCUT2D eigenvalue weighted by Gasteiger charge is -2.46. The molecule has 2 saturated heterocycles. The van der Waals surface area contributed by atoms with Crippen molar-refractivity contribution in [1.82, 2.24) is 5.32 Å². The fraction of sp³-hybridized carbons (Fsp3) is 0.681. The molecule has 0 aromatic rings. The Morgan fingerprint density at radius 3 is 1.28 bits per heavy atom. The van der Waals surface area contributed by atoms with Gasteiger partial charge in [-0.05, 0) is 109 Å². The molecule has 1 amide bonds. The van der Waals surface area contributed by atoms with Gasteiger partial charge in [0.25, 0.3) is 0 Å². The normalized spacial score (nSPS) is 24.3. The Bertz CT molecular complexity index is 1950. The summed E-state index contributed by atoms with van der Waals surface area (Å²) in [4.78, 5) is 13.3. The van der Waals surface area contributed by atoms with Gasteiger partial charge in [-0.15, -0.1) is 0 Å². The molecule has 12 unspecified atom stereocenters. The molecule has 2 fully saturated rings. The fourth-order valence-corrected chi connectivity index (χ4v) is 9.99. The summed E-state index contributed by atoms with van der Waals surface area (Å²) in [5, 5.41) is 87.3. The highest BCUT2D eigenvalue weighted by molar-refractivity contribution is 5.76. The average Bonchev–Trinajstić information content (AvgIpc) is 2.54. The minimum Gasteiger partial charge on any atom is -0.394 e. The lowest BCUT2D eigenvalue weighted by atomic mass is 9.97. The molecular weight excluding hydrogens is 1090 g/mol. The van der Waals surface area contributed by atoms with Gasteiger partial charge in [-0.25, -0.2) is 0 Å². The van der Waals surface area contributed by atoms with Crippen LogP contribution >= 0.6 is 0 Å². The zero-order valence-electron chi connectivity index (χ0n) is 53.0. The predicted octanol–water partition coefficient (Wildman–Crippen LogP) is 13.1. The minimum absolute atomic E-state index is 0.244. The summed E-state index contributed by atoms with van der Waals surface area (Å²) >= 11 is 0. The number of carbonyl (C=O) groups excluding carboxylic acids is 1. The molecular formula is C72H119NO13. The van der Waals surface area contributed by atoms with Crippen LogP contribution < -0.4 is 5.32 Å². The number of hydrogen-bond acceptors (Lipinski definition) is 13. The molecule has 2 heterocycles. The van der Waals surface area contributed by atoms with Gasteiger partial charge in [-0.1, -0.05) is 237 Å². The van der Waals surface area contributed by atoms with Crippen LogP contribution in [-0.2, 0) is 23.7 Å². The molecule has 0 aromatic carbocycles. The summed E-state index contributed by atoms with van der Waals surface area (Å²) in [6, 6.07) is -0.957. The molecule has 9 N–H and O–H groups in total. The molecule has 490 valence electrons. The van der Waals surface area contributed by atoms with E-state index in [2.05, 4.69) is 141 Å². The molecule has 0 bridgehead atoms. The third kappa shape index (κ3) is 39.2. The predicted molar refractivity (Wildman–Crippen MR) is 350 cm³/mol. The van der Waals surface area contributed by atoms with Gasteiger partial charge in [0.15, 0.2) is 12.6 Å². The van der Waals surface area contributed by atoms with E-state index >= 15 is 0 Å². The number of aliphatic hydroxyl groups is 8. The number of unbranched alkanes of at least 4 members (excludes halogenated alkanes) is 19. The van der Waals surface area contributed by atoms with Crippen molar-refractivity contribution in [2.24, 2.45) is 0 Å². The van der Waals surface area contributed by atoms with Gasteiger partial charge in [0.05, 0.1) is 32.0 Å². The van der Waals surface area contributed by atoms with Gasteiger partial charge in [0.2, 0.25) is 5.91 Å². The van der Waals surface area contributed by atoms with Crippen molar-refractivity contribution < 1.29 is 64.6 Å². The zero-order valence-corrected chi connectivity index (χ0v) is 53.0. The Labute approximate surface area is 520 Å². The van der Waals surface area contributed by atoms with Crippen molar-refractivity contribution in [2.45, 2.75) is 293 Å². The molecule has 14 nitrogen and oxygen atoms in total. The standard InChI is InChI=1S/C72H119NO13/c1-3-5-7-9-11-13-15-17-19-21-23-25-26-27-28-29-30-31-32-33-34-36-38-40-42-44-46-48-50-52-54-56-64(77)73-60(61(76)55-53-51-49-47-45-43-41-39-37-35-24-22-20-18-16-14-12-10-8-6-4-2)59-83-71-69(82)67(80)70(63(58-75)85-71)86-72-68(81)66(79)65(78)62(57-74)84-72/h5,7,11,13,17,19,23,25,27-28,30-31,33-34,37-40,45,47,53,55,60-63,65-72,74-76,78-82H,3-4,6,8-10,12,14-16,18,20-22,24,26,29,32,35-36,41-44,46,48-52,54,56-59H2,1-2H3,(H,73,77)/b7-5-,13-11-,19-17-,25-23-,28-27-,31-30-,34-33-,39-37+,40-38-,47-45+,55-53+. The molecule has 0 saturated carbocycles. The third-order valence-electron chi connectivity index (χ3n) is 15.3. The smallest absolute Gasteiger partial charge is 0.220 e. The highest BCUT2D eigenvalue weighted by atomic mass is 16.7. The first-order valence-corrected chi connectivity index (χ1v) is 33.4. The van der Waals surface area contributed by atoms with Crippen LogP contribution in [0.15, 0.2) is 134 Å². The van der Waals surface area contributed by atoms with Gasteiger partial charge in [0.1, 0.15) is 48.8 Å². The maximum atomic E-state index is 13.3. The van der Waals surface area contributed by atoms with E-state index in [-0.39, 0.29) is 18.9 Å². The van der Waals surface area contributed by atoms with E-state index < -0.39 is 86.8 Å². The quantitative estimate of drug-likeness (QED) is 0.0204. The van der Waals surface area contributed by atoms with Crippen LogP contribution in [-0.4, -0.2) is 140 Å². The van der Waals surface area contributed by atoms with Gasteiger partial charge in [-0.3, -0.25) is 4.79 Å². The summed E-state index contributed by atoms with van der Waals surface area (Å²) in [7, 11) is 0. The second-order valence-corrected chi connectivity index (χ2v) is 22.8. The number of aliphatic hydroxyl groups excluding tert-OH is 8. The maximum absolute atomic E-state index is 13.3. The fourth-order valence-electron chi connectivity index (χ4n) is 9.99. The number of allylic oxidation sites excluding steroid dienone is 21. The average molecular weight is 1210 g/mol. The largest absolute Gasteiger partial charge is 0.394 e. The van der Waals surface area contributed by atoms with Gasteiger partial charge in [-0.2, -0.15) is 0 Å². The summed E-state index contributed by atoms with van der Waals surface area (Å²) in [6.45, 7) is 2.64. The Kier molecular flexibility index (Phi) is 50.2. The third-order valence-corrected chi connectivity index (χ3v) is 15.3. The van der Waals surface area contributed by atoms with Crippen LogP contribution in [0.4, 0.5) is 0 Å². The van der Waals surface area contributed by atoms with E-state index in [1.807, 2.05) is 6.08 Å². The molecule has 0 radical (unpaired) electrons. The molecule has 0 aliphatic carbocycles. The van der Waals surface area contributed by atoms with E-state index in [9.17, 15) is 45.6 Å². The highest BCUT2D eigenvalue weighted by Crippen LogP contribution is 2.30. The zero-order chi connectivity index (χ0) is 62.3. The molecule has 2 aliphatic rings. The summed E-state index contributed by atoms with van der Waals surface area (Å²) in [5.41, 5.74) is 0. The molecule has 2 aliphatic heterocycles. The molecule has 0 aromatic heterocycles. The highest BCUT2D eigenvalue weighted by Gasteiger charge is 2.51. The Hall–Kier alpha value is -3.87. The van der Waals surface area contributed by atoms with Crippen molar-refractivity contribution in [1.29, 1.82) is 0 Å². The topological polar surface area (TPSA) is 228 Å². The Balaban J connectivity index is 1.74. The molecule has 12 atom stereocenters. The van der Waals surface area contributed by atoms with Gasteiger partial charge in [0, 0.05) is 6.42 Å². The number of rotatable bonds is 52. The number of carbonyl (C=O) groups is 1. The van der Waals surface area contributed by atoms with E-state index in [0.29, 0.717) is 12.8 Å². The van der Waals surface area contributed by atoms with Crippen LogP contribution in [0.2, 0.25) is 0 Å². The van der Waals surface area contributed by atoms with Gasteiger partial charge < -0.3 is 65.1 Å². The van der Waals surface area contributed by atoms with Crippen LogP contribution in [0.25, 0.3) is 0 Å². The van der Waals surface area contributed by atoms with Crippen LogP contribution in [0, 0.1) is 0 Å². The van der Waals surface area contributed by atoms with Crippen molar-refractivity contribution in [3.8, 4) is 0 Å². The van der Waals surface area contributed by atoms with Crippen molar-refractivity contribution in [3.63, 3.8) is 0 Å². The first kappa shape index (κ1) is 78.2. The molecule has 14 heteroatoms. The van der Waals surface area contributed by atoms with Crippen LogP contribution in [0.1, 0.15) is 219 Å². The summed E-state index contributed by atoms with van der Waals surface area (Å²) < 4.78 is 22.8. The van der Waals surface area contributed by atoms with Crippen LogP contribution in [0.5, 0.6) is 0 Å². The molecule has 2 rings (SSSR count). The number of nitrogens with one attached hydrogen (secondary N) is 1. The van der Waals surface area contributed by atoms with Crippen molar-refractivity contribution >= 4 is 5.91 Å². The van der Waals surface area contributed by atoms with E-state index in [0.717, 1.165) is 116 Å². The first-order chi connectivity index (χ1) is 42.1. The maximum Gasteiger partial charge on any atom is 0.220 e. The summed E-state index contributed by atoms with van der Waals surface area (Å²) in [5.74, 6) is -0.273. The van der Waals surface area contributed by atoms with E-state index in [1.54, 1.807) is 6.08 Å². The van der Waals surface area contributed by atoms with Crippen LogP contribution in [0.3, 0.4) is 0 Å². The minimum atomic E-state index is -1.80. The number of ether oxygens (including phenoxy) is 4. The molecule has 0 spiro atoms. The van der Waals surface area contributed by atoms with E-state index in [4.69, 9.17) is 18.9 Å². The molecule has 86 heavy (non-hydrogen) atoms. The second kappa shape index (κ2) is 55.2. The Morgan fingerprint density at radius 2 is 0.814 bits per heavy atom. The lowest BCUT2D eigenvalue weighted by Crippen LogP contribution is -2.65. The number of amides is 1. The van der Waals surface area contributed by atoms with E-state index in [1.165, 1.54) is 70.6 Å². The number of hydrogen-bond donors (Lipinski definition) is 9. The Morgan fingerprint density at radius 1 is 0.430 bits per heavy atom. The SMILES string of the molecule is CC/C=C\C/C=C\C/C=C\C/C=C\C/C=C\C/C=C\C/C=C\C/C=C\CCCCCCCCC(=O)NC(COC1OC(CO)C(OC2OC(CO)C(O)C(O)C2O)C(O)C1O)C(O)/C=C/CC/C=C/CC/C=C/CCCCCCCCCCCCC. The summed E-state index contributed by atoms with van der Waals surface area (Å²) in [6.07, 6.45) is 64.9. The monoisotopic (exact) mass is 1210 g/mol.